The van der Waals surface area contributed by atoms with Crippen molar-refractivity contribution in [1.29, 1.82) is 0 Å². The smallest absolute Gasteiger partial charge is 0.216 e. The fourth-order valence-electron chi connectivity index (χ4n) is 2.75. The van der Waals surface area contributed by atoms with Crippen molar-refractivity contribution in [3.05, 3.63) is 59.7 Å². The zero-order valence-electron chi connectivity index (χ0n) is 13.2. The number of hydrogen-bond donors (Lipinski definition) is 1. The van der Waals surface area contributed by atoms with Crippen molar-refractivity contribution >= 4 is 17.7 Å². The molecule has 0 saturated carbocycles. The van der Waals surface area contributed by atoms with Gasteiger partial charge in [0.1, 0.15) is 5.75 Å². The Morgan fingerprint density at radius 2 is 2.09 bits per heavy atom. The highest BCUT2D eigenvalue weighted by molar-refractivity contribution is 7.98. The van der Waals surface area contributed by atoms with E-state index in [0.717, 1.165) is 17.9 Å². The van der Waals surface area contributed by atoms with Crippen LogP contribution in [0.15, 0.2) is 53.4 Å². The number of carbonyl (C=O) groups is 1. The van der Waals surface area contributed by atoms with Crippen LogP contribution in [0.2, 0.25) is 0 Å². The fourth-order valence-corrected chi connectivity index (χ4v) is 3.65. The van der Waals surface area contributed by atoms with Crippen LogP contribution in [0.5, 0.6) is 5.75 Å². The van der Waals surface area contributed by atoms with Crippen molar-refractivity contribution in [3.8, 4) is 5.75 Å². The maximum atomic E-state index is 11.2. The van der Waals surface area contributed by atoms with E-state index in [9.17, 15) is 4.79 Å². The molecule has 1 N–H and O–H groups in total. The molecular weight excluding hydrogens is 306 g/mol. The molecule has 0 radical (unpaired) electrons. The van der Waals surface area contributed by atoms with Gasteiger partial charge in [-0.1, -0.05) is 30.3 Å². The Labute approximate surface area is 141 Å². The lowest BCUT2D eigenvalue weighted by atomic mass is 9.93. The van der Waals surface area contributed by atoms with Gasteiger partial charge in [0.15, 0.2) is 0 Å². The number of carbonyl (C=O) groups excluding carboxylic acids is 1. The Morgan fingerprint density at radius 3 is 2.87 bits per heavy atom. The highest BCUT2D eigenvalue weighted by Gasteiger charge is 2.22. The topological polar surface area (TPSA) is 38.3 Å². The second kappa shape index (κ2) is 7.55. The van der Waals surface area contributed by atoms with Crippen LogP contribution >= 0.6 is 11.8 Å². The number of hydrogen-bond acceptors (Lipinski definition) is 3. The monoisotopic (exact) mass is 327 g/mol. The number of thioether (sulfide) groups is 1. The third kappa shape index (κ3) is 4.29. The van der Waals surface area contributed by atoms with E-state index < -0.39 is 0 Å². The molecule has 3 rings (SSSR count). The third-order valence-electron chi connectivity index (χ3n) is 3.99. The van der Waals surface area contributed by atoms with Crippen LogP contribution < -0.4 is 10.1 Å². The van der Waals surface area contributed by atoms with Gasteiger partial charge in [-0.25, -0.2) is 0 Å². The zero-order chi connectivity index (χ0) is 16.1. The van der Waals surface area contributed by atoms with Gasteiger partial charge in [0.2, 0.25) is 5.91 Å². The normalized spacial score (nSPS) is 16.3. The van der Waals surface area contributed by atoms with E-state index >= 15 is 0 Å². The average Bonchev–Trinajstić information content (AvgIpc) is 2.59. The molecular formula is C19H21NO2S. The first-order valence-corrected chi connectivity index (χ1v) is 8.89. The largest absolute Gasteiger partial charge is 0.493 e. The van der Waals surface area contributed by atoms with Crippen LogP contribution in [0.4, 0.5) is 0 Å². The number of amides is 1. The summed E-state index contributed by atoms with van der Waals surface area (Å²) in [6.45, 7) is 2.96. The number of benzene rings is 2. The Morgan fingerprint density at radius 1 is 1.26 bits per heavy atom. The van der Waals surface area contributed by atoms with Crippen LogP contribution in [0.25, 0.3) is 0 Å². The predicted octanol–water partition coefficient (Wildman–Crippen LogP) is 3.98. The van der Waals surface area contributed by atoms with Gasteiger partial charge in [-0.3, -0.25) is 4.79 Å². The van der Waals surface area contributed by atoms with E-state index in [0.29, 0.717) is 19.1 Å². The van der Waals surface area contributed by atoms with Gasteiger partial charge in [0.25, 0.3) is 0 Å². The molecule has 3 nitrogen and oxygen atoms in total. The van der Waals surface area contributed by atoms with E-state index in [-0.39, 0.29) is 5.91 Å². The first-order valence-electron chi connectivity index (χ1n) is 7.90. The van der Waals surface area contributed by atoms with E-state index in [1.165, 1.54) is 16.0 Å². The van der Waals surface area contributed by atoms with Crippen LogP contribution in [-0.2, 0) is 10.5 Å². The molecule has 23 heavy (non-hydrogen) atoms. The van der Waals surface area contributed by atoms with Crippen LogP contribution in [0.1, 0.15) is 30.4 Å². The molecule has 4 heteroatoms. The van der Waals surface area contributed by atoms with Gasteiger partial charge in [-0.2, -0.15) is 0 Å². The molecule has 0 spiro atoms. The van der Waals surface area contributed by atoms with Crippen LogP contribution in [0, 0.1) is 0 Å². The third-order valence-corrected chi connectivity index (χ3v) is 5.06. The van der Waals surface area contributed by atoms with Gasteiger partial charge < -0.3 is 10.1 Å². The summed E-state index contributed by atoms with van der Waals surface area (Å²) in [5.41, 5.74) is 2.53. The maximum absolute atomic E-state index is 11.2. The SMILES string of the molecule is CC(=O)NCC1CCOc2ccc(SCc3ccccc3)cc21. The quantitative estimate of drug-likeness (QED) is 0.844. The molecule has 2 aromatic rings. The highest BCUT2D eigenvalue weighted by Crippen LogP contribution is 2.36. The van der Waals surface area contributed by atoms with E-state index in [2.05, 4.69) is 47.8 Å². The average molecular weight is 327 g/mol. The molecule has 0 bridgehead atoms. The van der Waals surface area contributed by atoms with Crippen LogP contribution in [-0.4, -0.2) is 19.1 Å². The number of nitrogens with one attached hydrogen (secondary N) is 1. The minimum absolute atomic E-state index is 0.0210. The van der Waals surface area contributed by atoms with E-state index in [1.54, 1.807) is 6.92 Å². The lowest BCUT2D eigenvalue weighted by Crippen LogP contribution is -2.29. The Balaban J connectivity index is 1.71. The van der Waals surface area contributed by atoms with Crippen LogP contribution in [0.3, 0.4) is 0 Å². The van der Waals surface area contributed by atoms with Gasteiger partial charge >= 0.3 is 0 Å². The van der Waals surface area contributed by atoms with Crippen molar-refractivity contribution < 1.29 is 9.53 Å². The molecule has 120 valence electrons. The zero-order valence-corrected chi connectivity index (χ0v) is 14.1. The lowest BCUT2D eigenvalue weighted by Gasteiger charge is -2.26. The molecule has 0 aliphatic carbocycles. The number of ether oxygens (including phenoxy) is 1. The van der Waals surface area contributed by atoms with Crippen molar-refractivity contribution in [2.24, 2.45) is 0 Å². The second-order valence-corrected chi connectivity index (χ2v) is 6.79. The molecule has 1 amide bonds. The molecule has 1 aliphatic rings. The number of fused-ring (bicyclic) bond motifs is 1. The van der Waals surface area contributed by atoms with E-state index in [1.807, 2.05) is 17.8 Å². The van der Waals surface area contributed by atoms with Crippen molar-refractivity contribution in [2.45, 2.75) is 29.9 Å². The van der Waals surface area contributed by atoms with Gasteiger partial charge in [0.05, 0.1) is 6.61 Å². The standard InChI is InChI=1S/C19H21NO2S/c1-14(21)20-12-16-9-10-22-19-8-7-17(11-18(16)19)23-13-15-5-3-2-4-6-15/h2-8,11,16H,9-10,12-13H2,1H3,(H,20,21). The Kier molecular flexibility index (Phi) is 5.23. The fraction of sp³-hybridized carbons (Fsp3) is 0.316. The molecule has 0 saturated heterocycles. The minimum Gasteiger partial charge on any atom is -0.493 e. The molecule has 1 atom stereocenters. The maximum Gasteiger partial charge on any atom is 0.216 e. The molecule has 1 aliphatic heterocycles. The summed E-state index contributed by atoms with van der Waals surface area (Å²) in [4.78, 5) is 12.4. The molecule has 0 fully saturated rings. The second-order valence-electron chi connectivity index (χ2n) is 5.75. The summed E-state index contributed by atoms with van der Waals surface area (Å²) in [7, 11) is 0. The minimum atomic E-state index is 0.0210. The van der Waals surface area contributed by atoms with E-state index in [4.69, 9.17) is 4.74 Å². The molecule has 0 aromatic heterocycles. The van der Waals surface area contributed by atoms with Gasteiger partial charge in [-0.15, -0.1) is 11.8 Å². The Bertz CT molecular complexity index is 672. The first kappa shape index (κ1) is 15.9. The summed E-state index contributed by atoms with van der Waals surface area (Å²) in [6.07, 6.45) is 0.945. The number of rotatable bonds is 5. The predicted molar refractivity (Wildman–Crippen MR) is 94.0 cm³/mol. The van der Waals surface area contributed by atoms with Gasteiger partial charge in [0, 0.05) is 35.6 Å². The lowest BCUT2D eigenvalue weighted by molar-refractivity contribution is -0.119. The highest BCUT2D eigenvalue weighted by atomic mass is 32.2. The summed E-state index contributed by atoms with van der Waals surface area (Å²) >= 11 is 1.83. The summed E-state index contributed by atoms with van der Waals surface area (Å²) in [5.74, 6) is 2.26. The van der Waals surface area contributed by atoms with Crippen molar-refractivity contribution in [1.82, 2.24) is 5.32 Å². The summed E-state index contributed by atoms with van der Waals surface area (Å²) in [5, 5.41) is 2.93. The molecule has 1 heterocycles. The first-order chi connectivity index (χ1) is 11.2. The van der Waals surface area contributed by atoms with Crippen molar-refractivity contribution in [2.75, 3.05) is 13.2 Å². The summed E-state index contributed by atoms with van der Waals surface area (Å²) in [6, 6.07) is 16.9. The Hall–Kier alpha value is -1.94. The molecule has 1 unspecified atom stereocenters. The summed E-state index contributed by atoms with van der Waals surface area (Å²) < 4.78 is 5.76. The van der Waals surface area contributed by atoms with Gasteiger partial charge in [-0.05, 0) is 30.2 Å². The van der Waals surface area contributed by atoms with Crippen molar-refractivity contribution in [3.63, 3.8) is 0 Å². The molecule has 2 aromatic carbocycles.